The quantitative estimate of drug-likeness (QED) is 0.647. The van der Waals surface area contributed by atoms with E-state index in [0.717, 1.165) is 23.6 Å². The normalized spacial score (nSPS) is 25.0. The third kappa shape index (κ3) is 3.16. The van der Waals surface area contributed by atoms with Gasteiger partial charge in [0.25, 0.3) is 0 Å². The van der Waals surface area contributed by atoms with E-state index in [9.17, 15) is 0 Å². The average Bonchev–Trinajstić information content (AvgIpc) is 3.11. The first-order valence-corrected chi connectivity index (χ1v) is 9.52. The van der Waals surface area contributed by atoms with E-state index in [1.165, 1.54) is 16.8 Å². The summed E-state index contributed by atoms with van der Waals surface area (Å²) in [5.74, 6) is 1.92. The minimum atomic E-state index is 0.240. The maximum Gasteiger partial charge on any atom is 0.120 e. The van der Waals surface area contributed by atoms with Crippen LogP contribution >= 0.6 is 11.6 Å². The molecule has 0 amide bonds. The van der Waals surface area contributed by atoms with Crippen LogP contribution in [0.1, 0.15) is 49.8 Å². The van der Waals surface area contributed by atoms with Crippen molar-refractivity contribution in [3.63, 3.8) is 0 Å². The second kappa shape index (κ2) is 6.76. The van der Waals surface area contributed by atoms with Crippen molar-refractivity contribution in [1.82, 2.24) is 0 Å². The maximum atomic E-state index is 6.23. The van der Waals surface area contributed by atoms with Gasteiger partial charge in [-0.05, 0) is 67.1 Å². The molecule has 1 heterocycles. The Labute approximate surface area is 154 Å². The number of anilines is 1. The zero-order valence-electron chi connectivity index (χ0n) is 14.7. The van der Waals surface area contributed by atoms with Gasteiger partial charge < -0.3 is 10.1 Å². The molecule has 1 N–H and O–H groups in total. The minimum Gasteiger partial charge on any atom is -0.491 e. The highest BCUT2D eigenvalue weighted by atomic mass is 35.5. The summed E-state index contributed by atoms with van der Waals surface area (Å²) in [7, 11) is 0. The van der Waals surface area contributed by atoms with Crippen molar-refractivity contribution in [3.05, 3.63) is 70.8 Å². The highest BCUT2D eigenvalue weighted by Crippen LogP contribution is 2.50. The van der Waals surface area contributed by atoms with Crippen LogP contribution in [0.25, 0.3) is 0 Å². The Kier molecular flexibility index (Phi) is 4.47. The topological polar surface area (TPSA) is 21.3 Å². The average molecular weight is 354 g/mol. The molecule has 1 aliphatic heterocycles. The fraction of sp³-hybridized carbons (Fsp3) is 0.364. The Morgan fingerprint density at radius 2 is 2.12 bits per heavy atom. The SMILES string of the molecule is CCC(C)Oc1ccc2c(c1)C1C=CCC1C(c1cccc(Cl)c1)N2. The largest absolute Gasteiger partial charge is 0.491 e. The molecular formula is C22H24ClNO. The molecule has 2 aromatic carbocycles. The second-order valence-electron chi connectivity index (χ2n) is 7.12. The molecule has 2 nitrogen and oxygen atoms in total. The van der Waals surface area contributed by atoms with E-state index in [4.69, 9.17) is 16.3 Å². The zero-order valence-corrected chi connectivity index (χ0v) is 15.5. The molecule has 4 unspecified atom stereocenters. The fourth-order valence-corrected chi connectivity index (χ4v) is 4.19. The maximum absolute atomic E-state index is 6.23. The number of ether oxygens (including phenoxy) is 1. The van der Waals surface area contributed by atoms with Gasteiger partial charge in [0.05, 0.1) is 12.1 Å². The van der Waals surface area contributed by atoms with Gasteiger partial charge in [-0.2, -0.15) is 0 Å². The summed E-state index contributed by atoms with van der Waals surface area (Å²) in [6, 6.07) is 15.0. The molecule has 0 radical (unpaired) electrons. The summed E-state index contributed by atoms with van der Waals surface area (Å²) in [4.78, 5) is 0. The highest BCUT2D eigenvalue weighted by Gasteiger charge is 2.38. The van der Waals surface area contributed by atoms with Crippen LogP contribution in [0.5, 0.6) is 5.75 Å². The first-order valence-electron chi connectivity index (χ1n) is 9.15. The smallest absolute Gasteiger partial charge is 0.120 e. The Morgan fingerprint density at radius 1 is 1.24 bits per heavy atom. The standard InChI is InChI=1S/C22H24ClNO/c1-3-14(2)25-17-10-11-21-20(13-17)18-8-5-9-19(18)22(24-21)15-6-4-7-16(23)12-15/h4-8,10-14,18-19,22,24H,3,9H2,1-2H3. The van der Waals surface area contributed by atoms with E-state index in [2.05, 4.69) is 61.6 Å². The van der Waals surface area contributed by atoms with Crippen molar-refractivity contribution in [2.45, 2.75) is 44.8 Å². The van der Waals surface area contributed by atoms with E-state index in [0.29, 0.717) is 11.8 Å². The van der Waals surface area contributed by atoms with Crippen LogP contribution in [-0.4, -0.2) is 6.10 Å². The summed E-state index contributed by atoms with van der Waals surface area (Å²) in [6.07, 6.45) is 7.01. The van der Waals surface area contributed by atoms with E-state index in [-0.39, 0.29) is 12.1 Å². The van der Waals surface area contributed by atoms with Crippen LogP contribution in [0.2, 0.25) is 5.02 Å². The Hall–Kier alpha value is -1.93. The van der Waals surface area contributed by atoms with E-state index in [1.807, 2.05) is 12.1 Å². The number of hydrogen-bond acceptors (Lipinski definition) is 2. The third-order valence-corrected chi connectivity index (χ3v) is 5.69. The Morgan fingerprint density at radius 3 is 2.92 bits per heavy atom. The summed E-state index contributed by atoms with van der Waals surface area (Å²) in [5, 5.41) is 4.55. The number of allylic oxidation sites excluding steroid dienone is 2. The van der Waals surface area contributed by atoms with Gasteiger partial charge in [0.2, 0.25) is 0 Å². The van der Waals surface area contributed by atoms with Crippen LogP contribution in [0.4, 0.5) is 5.69 Å². The summed E-state index contributed by atoms with van der Waals surface area (Å²) in [6.45, 7) is 4.26. The monoisotopic (exact) mass is 353 g/mol. The van der Waals surface area contributed by atoms with Gasteiger partial charge in [0.1, 0.15) is 5.75 Å². The molecule has 2 aromatic rings. The number of benzene rings is 2. The van der Waals surface area contributed by atoms with E-state index in [1.54, 1.807) is 0 Å². The molecule has 1 aliphatic carbocycles. The lowest BCUT2D eigenvalue weighted by atomic mass is 9.77. The molecule has 130 valence electrons. The van der Waals surface area contributed by atoms with Crippen molar-refractivity contribution in [2.24, 2.45) is 5.92 Å². The number of halogens is 1. The van der Waals surface area contributed by atoms with E-state index >= 15 is 0 Å². The minimum absolute atomic E-state index is 0.240. The first-order chi connectivity index (χ1) is 12.2. The molecule has 0 saturated heterocycles. The van der Waals surface area contributed by atoms with Crippen molar-refractivity contribution in [1.29, 1.82) is 0 Å². The van der Waals surface area contributed by atoms with Crippen LogP contribution in [0, 0.1) is 5.92 Å². The number of hydrogen-bond donors (Lipinski definition) is 1. The lowest BCUT2D eigenvalue weighted by Crippen LogP contribution is -2.29. The van der Waals surface area contributed by atoms with Crippen molar-refractivity contribution in [2.75, 3.05) is 5.32 Å². The van der Waals surface area contributed by atoms with Crippen molar-refractivity contribution < 1.29 is 4.74 Å². The number of fused-ring (bicyclic) bond motifs is 3. The second-order valence-corrected chi connectivity index (χ2v) is 7.55. The first kappa shape index (κ1) is 16.5. The molecule has 0 saturated carbocycles. The molecule has 3 heteroatoms. The van der Waals surface area contributed by atoms with Gasteiger partial charge >= 0.3 is 0 Å². The van der Waals surface area contributed by atoms with Gasteiger partial charge in [-0.3, -0.25) is 0 Å². The van der Waals surface area contributed by atoms with E-state index < -0.39 is 0 Å². The van der Waals surface area contributed by atoms with Gasteiger partial charge in [-0.25, -0.2) is 0 Å². The van der Waals surface area contributed by atoms with Crippen molar-refractivity contribution >= 4 is 17.3 Å². The molecule has 0 fully saturated rings. The van der Waals surface area contributed by atoms with Gasteiger partial charge in [0.15, 0.2) is 0 Å². The number of nitrogens with one attached hydrogen (secondary N) is 1. The summed E-state index contributed by atoms with van der Waals surface area (Å²) < 4.78 is 6.04. The fourth-order valence-electron chi connectivity index (χ4n) is 3.99. The number of rotatable bonds is 4. The van der Waals surface area contributed by atoms with Gasteiger partial charge in [-0.15, -0.1) is 0 Å². The highest BCUT2D eigenvalue weighted by molar-refractivity contribution is 6.30. The van der Waals surface area contributed by atoms with Crippen LogP contribution in [0.15, 0.2) is 54.6 Å². The predicted molar refractivity (Wildman–Crippen MR) is 105 cm³/mol. The summed E-state index contributed by atoms with van der Waals surface area (Å²) >= 11 is 6.23. The Bertz CT molecular complexity index is 800. The molecule has 2 aliphatic rings. The van der Waals surface area contributed by atoms with Crippen LogP contribution in [0.3, 0.4) is 0 Å². The molecule has 25 heavy (non-hydrogen) atoms. The lowest BCUT2D eigenvalue weighted by Gasteiger charge is -2.37. The Balaban J connectivity index is 1.69. The zero-order chi connectivity index (χ0) is 17.4. The molecule has 4 atom stereocenters. The van der Waals surface area contributed by atoms with Gasteiger partial charge in [0, 0.05) is 16.6 Å². The predicted octanol–water partition coefficient (Wildman–Crippen LogP) is 6.34. The molecule has 4 rings (SSSR count). The lowest BCUT2D eigenvalue weighted by molar-refractivity contribution is 0.217. The molecular weight excluding hydrogens is 330 g/mol. The van der Waals surface area contributed by atoms with Crippen LogP contribution < -0.4 is 10.1 Å². The molecule has 0 aromatic heterocycles. The summed E-state index contributed by atoms with van der Waals surface area (Å²) in [5.41, 5.74) is 3.81. The third-order valence-electron chi connectivity index (χ3n) is 5.45. The van der Waals surface area contributed by atoms with Crippen LogP contribution in [-0.2, 0) is 0 Å². The molecule has 0 bridgehead atoms. The van der Waals surface area contributed by atoms with Crippen molar-refractivity contribution in [3.8, 4) is 5.75 Å². The molecule has 0 spiro atoms. The van der Waals surface area contributed by atoms with Gasteiger partial charge in [-0.1, -0.05) is 42.8 Å².